The Bertz CT molecular complexity index is 391. The van der Waals surface area contributed by atoms with Crippen LogP contribution in [0.2, 0.25) is 0 Å². The van der Waals surface area contributed by atoms with E-state index in [9.17, 15) is 13.2 Å². The lowest BCUT2D eigenvalue weighted by molar-refractivity contribution is -0.137. The molecular weight excluding hydrogens is 297 g/mol. The fourth-order valence-electron chi connectivity index (χ4n) is 2.19. The Hall–Kier alpha value is -0.620. The van der Waals surface area contributed by atoms with Crippen molar-refractivity contribution in [2.24, 2.45) is 0 Å². The molecule has 0 fully saturated rings. The molecule has 6 heteroatoms. The standard InChI is InChI=1S/C15H25F3N2S/c1-3-5-6-7-8-9-12(19-10-4-2)13-11-20-14(21-13)15(16,17)18/h11-12,19H,3-10H2,1-2H3. The number of nitrogens with one attached hydrogen (secondary N) is 1. The molecule has 1 heterocycles. The molecule has 0 saturated heterocycles. The van der Waals surface area contributed by atoms with Crippen molar-refractivity contribution in [2.45, 2.75) is 71.0 Å². The van der Waals surface area contributed by atoms with Gasteiger partial charge in [-0.05, 0) is 19.4 Å². The maximum absolute atomic E-state index is 12.6. The Morgan fingerprint density at radius 3 is 2.43 bits per heavy atom. The molecule has 0 aliphatic rings. The lowest BCUT2D eigenvalue weighted by Gasteiger charge is -2.16. The number of thiazole rings is 1. The van der Waals surface area contributed by atoms with Crippen molar-refractivity contribution in [2.75, 3.05) is 6.54 Å². The highest BCUT2D eigenvalue weighted by Gasteiger charge is 2.35. The Morgan fingerprint density at radius 1 is 1.14 bits per heavy atom. The van der Waals surface area contributed by atoms with Crippen LogP contribution >= 0.6 is 11.3 Å². The maximum Gasteiger partial charge on any atom is 0.443 e. The van der Waals surface area contributed by atoms with Crippen LogP contribution in [-0.2, 0) is 6.18 Å². The second-order valence-electron chi connectivity index (χ2n) is 5.28. The quantitative estimate of drug-likeness (QED) is 0.570. The predicted octanol–water partition coefficient (Wildman–Crippen LogP) is 5.56. The largest absolute Gasteiger partial charge is 0.443 e. The van der Waals surface area contributed by atoms with E-state index >= 15 is 0 Å². The van der Waals surface area contributed by atoms with Gasteiger partial charge in [-0.2, -0.15) is 13.2 Å². The van der Waals surface area contributed by atoms with Crippen molar-refractivity contribution < 1.29 is 13.2 Å². The first-order valence-corrected chi connectivity index (χ1v) is 8.57. The van der Waals surface area contributed by atoms with Gasteiger partial charge in [-0.1, -0.05) is 46.0 Å². The molecule has 1 N–H and O–H groups in total. The molecule has 122 valence electrons. The Balaban J connectivity index is 2.57. The van der Waals surface area contributed by atoms with E-state index in [2.05, 4.69) is 24.1 Å². The molecule has 0 aliphatic carbocycles. The maximum atomic E-state index is 12.6. The molecule has 1 atom stereocenters. The van der Waals surface area contributed by atoms with Gasteiger partial charge in [0.2, 0.25) is 0 Å². The van der Waals surface area contributed by atoms with E-state index in [-0.39, 0.29) is 6.04 Å². The summed E-state index contributed by atoms with van der Waals surface area (Å²) < 4.78 is 37.9. The first-order chi connectivity index (χ1) is 9.99. The van der Waals surface area contributed by atoms with Crippen LogP contribution in [0.15, 0.2) is 6.20 Å². The molecule has 21 heavy (non-hydrogen) atoms. The van der Waals surface area contributed by atoms with E-state index in [1.807, 2.05) is 0 Å². The van der Waals surface area contributed by atoms with Crippen molar-refractivity contribution in [3.05, 3.63) is 16.1 Å². The molecule has 0 bridgehead atoms. The highest BCUT2D eigenvalue weighted by atomic mass is 32.1. The molecule has 0 saturated carbocycles. The van der Waals surface area contributed by atoms with Gasteiger partial charge in [0.1, 0.15) is 0 Å². The van der Waals surface area contributed by atoms with Crippen LogP contribution in [0, 0.1) is 0 Å². The summed E-state index contributed by atoms with van der Waals surface area (Å²) in [6.45, 7) is 5.04. The van der Waals surface area contributed by atoms with E-state index in [1.54, 1.807) is 0 Å². The topological polar surface area (TPSA) is 24.9 Å². The molecular formula is C15H25F3N2S. The summed E-state index contributed by atoms with van der Waals surface area (Å²) in [6, 6.07) is 0.000163. The van der Waals surface area contributed by atoms with Crippen LogP contribution < -0.4 is 5.32 Å². The van der Waals surface area contributed by atoms with E-state index in [0.717, 1.165) is 43.6 Å². The lowest BCUT2D eigenvalue weighted by atomic mass is 10.1. The molecule has 0 amide bonds. The molecule has 1 aromatic rings. The van der Waals surface area contributed by atoms with Gasteiger partial charge < -0.3 is 5.32 Å². The average molecular weight is 322 g/mol. The number of unbranched alkanes of at least 4 members (excludes halogenated alkanes) is 4. The smallest absolute Gasteiger partial charge is 0.309 e. The van der Waals surface area contributed by atoms with E-state index in [4.69, 9.17) is 0 Å². The average Bonchev–Trinajstić information content (AvgIpc) is 2.91. The van der Waals surface area contributed by atoms with Crippen molar-refractivity contribution in [1.82, 2.24) is 10.3 Å². The van der Waals surface area contributed by atoms with Gasteiger partial charge in [-0.15, -0.1) is 11.3 Å². The van der Waals surface area contributed by atoms with Crippen LogP contribution in [0.3, 0.4) is 0 Å². The fourth-order valence-corrected chi connectivity index (χ4v) is 3.09. The van der Waals surface area contributed by atoms with E-state index < -0.39 is 11.2 Å². The molecule has 1 aromatic heterocycles. The van der Waals surface area contributed by atoms with E-state index in [1.165, 1.54) is 25.5 Å². The highest BCUT2D eigenvalue weighted by molar-refractivity contribution is 7.11. The van der Waals surface area contributed by atoms with Gasteiger partial charge in [0.25, 0.3) is 0 Å². The molecule has 0 aromatic carbocycles. The Labute approximate surface area is 129 Å². The van der Waals surface area contributed by atoms with Crippen molar-refractivity contribution >= 4 is 11.3 Å². The number of aromatic nitrogens is 1. The number of hydrogen-bond donors (Lipinski definition) is 1. The van der Waals surface area contributed by atoms with Crippen LogP contribution in [-0.4, -0.2) is 11.5 Å². The van der Waals surface area contributed by atoms with Gasteiger partial charge >= 0.3 is 6.18 Å². The molecule has 1 rings (SSSR count). The van der Waals surface area contributed by atoms with Gasteiger partial charge in [-0.3, -0.25) is 0 Å². The highest BCUT2D eigenvalue weighted by Crippen LogP contribution is 2.35. The zero-order valence-corrected chi connectivity index (χ0v) is 13.6. The first-order valence-electron chi connectivity index (χ1n) is 7.75. The molecule has 0 radical (unpaired) electrons. The number of halogens is 3. The lowest BCUT2D eigenvalue weighted by Crippen LogP contribution is -2.21. The number of rotatable bonds is 10. The van der Waals surface area contributed by atoms with Gasteiger partial charge in [0, 0.05) is 17.1 Å². The second kappa shape index (κ2) is 9.41. The number of hydrogen-bond acceptors (Lipinski definition) is 3. The minimum Gasteiger partial charge on any atom is -0.309 e. The normalized spacial score (nSPS) is 13.6. The van der Waals surface area contributed by atoms with Gasteiger partial charge in [0.05, 0.1) is 0 Å². The first kappa shape index (κ1) is 18.4. The zero-order chi connectivity index (χ0) is 15.7. The summed E-state index contributed by atoms with van der Waals surface area (Å²) in [6.07, 6.45) is 4.71. The minimum absolute atomic E-state index is 0.000163. The summed E-state index contributed by atoms with van der Waals surface area (Å²) >= 11 is 0.768. The summed E-state index contributed by atoms with van der Waals surface area (Å²) in [7, 11) is 0. The second-order valence-corrected chi connectivity index (χ2v) is 6.34. The molecule has 2 nitrogen and oxygen atoms in total. The summed E-state index contributed by atoms with van der Waals surface area (Å²) in [5, 5.41) is 2.60. The third-order valence-corrected chi connectivity index (χ3v) is 4.50. The Kier molecular flexibility index (Phi) is 8.26. The predicted molar refractivity (Wildman–Crippen MR) is 81.5 cm³/mol. The van der Waals surface area contributed by atoms with Gasteiger partial charge in [0.15, 0.2) is 5.01 Å². The van der Waals surface area contributed by atoms with Crippen molar-refractivity contribution in [3.63, 3.8) is 0 Å². The fraction of sp³-hybridized carbons (Fsp3) is 0.800. The summed E-state index contributed by atoms with van der Waals surface area (Å²) in [5.74, 6) is 0. The third-order valence-electron chi connectivity index (χ3n) is 3.35. The monoisotopic (exact) mass is 322 g/mol. The third kappa shape index (κ3) is 6.78. The Morgan fingerprint density at radius 2 is 1.86 bits per heavy atom. The van der Waals surface area contributed by atoms with E-state index in [0.29, 0.717) is 4.88 Å². The number of nitrogens with zero attached hydrogens (tertiary/aromatic N) is 1. The van der Waals surface area contributed by atoms with Crippen molar-refractivity contribution in [3.8, 4) is 0 Å². The van der Waals surface area contributed by atoms with Gasteiger partial charge in [-0.25, -0.2) is 4.98 Å². The molecule has 0 spiro atoms. The minimum atomic E-state index is -4.33. The van der Waals surface area contributed by atoms with Crippen LogP contribution in [0.4, 0.5) is 13.2 Å². The summed E-state index contributed by atoms with van der Waals surface area (Å²) in [5.41, 5.74) is 0. The van der Waals surface area contributed by atoms with Crippen molar-refractivity contribution in [1.29, 1.82) is 0 Å². The van der Waals surface area contributed by atoms with Crippen LogP contribution in [0.1, 0.15) is 74.7 Å². The van der Waals surface area contributed by atoms with Crippen LogP contribution in [0.5, 0.6) is 0 Å². The molecule has 0 aliphatic heterocycles. The SMILES string of the molecule is CCCCCCCC(NCCC)c1cnc(C(F)(F)F)s1. The summed E-state index contributed by atoms with van der Waals surface area (Å²) in [4.78, 5) is 4.23. The van der Waals surface area contributed by atoms with Crippen LogP contribution in [0.25, 0.3) is 0 Å². The number of alkyl halides is 3. The molecule has 1 unspecified atom stereocenters. The zero-order valence-electron chi connectivity index (χ0n) is 12.8.